The molecule has 2 atom stereocenters. The summed E-state index contributed by atoms with van der Waals surface area (Å²) in [5, 5.41) is 4.49. The highest BCUT2D eigenvalue weighted by atomic mass is 79.9. The number of likely N-dealkylation sites (tertiary alicyclic amines) is 1. The zero-order valence-corrected chi connectivity index (χ0v) is 14.5. The molecule has 0 aromatic carbocycles. The minimum Gasteiger partial charge on any atom is -0.299 e. The lowest BCUT2D eigenvalue weighted by atomic mass is 9.88. The molecule has 0 bridgehead atoms. The number of aryl methyl sites for hydroxylation is 2. The van der Waals surface area contributed by atoms with Crippen LogP contribution in [0.15, 0.2) is 4.47 Å². The zero-order valence-electron chi connectivity index (χ0n) is 12.9. The van der Waals surface area contributed by atoms with Crippen molar-refractivity contribution in [2.45, 2.75) is 58.0 Å². The maximum atomic E-state index is 12.2. The topological polar surface area (TPSA) is 38.1 Å². The Hall–Kier alpha value is -0.680. The molecule has 2 aliphatic rings. The first kappa shape index (κ1) is 15.2. The molecule has 5 heteroatoms. The molecular formula is C16H24BrN3O. The van der Waals surface area contributed by atoms with Crippen molar-refractivity contribution in [1.29, 1.82) is 0 Å². The van der Waals surface area contributed by atoms with Crippen molar-refractivity contribution in [3.8, 4) is 0 Å². The first-order valence-electron chi connectivity index (χ1n) is 8.02. The Balaban J connectivity index is 1.79. The summed E-state index contributed by atoms with van der Waals surface area (Å²) in [6.45, 7) is 4.03. The smallest absolute Gasteiger partial charge is 0.137 e. The van der Waals surface area contributed by atoms with E-state index in [0.717, 1.165) is 42.5 Å². The molecule has 21 heavy (non-hydrogen) atoms. The van der Waals surface area contributed by atoms with Gasteiger partial charge in [-0.1, -0.05) is 6.42 Å². The van der Waals surface area contributed by atoms with E-state index < -0.39 is 0 Å². The predicted octanol–water partition coefficient (Wildman–Crippen LogP) is 3.21. The second kappa shape index (κ2) is 6.21. The van der Waals surface area contributed by atoms with Gasteiger partial charge in [-0.05, 0) is 55.1 Å². The van der Waals surface area contributed by atoms with Gasteiger partial charge < -0.3 is 0 Å². The summed E-state index contributed by atoms with van der Waals surface area (Å²) in [7, 11) is 2.01. The molecule has 1 aromatic rings. The van der Waals surface area contributed by atoms with Crippen molar-refractivity contribution >= 4 is 21.7 Å². The van der Waals surface area contributed by atoms with Crippen molar-refractivity contribution in [2.24, 2.45) is 13.0 Å². The highest BCUT2D eigenvalue weighted by molar-refractivity contribution is 9.10. The molecule has 2 unspecified atom stereocenters. The summed E-state index contributed by atoms with van der Waals surface area (Å²) in [6.07, 6.45) is 6.64. The minimum absolute atomic E-state index is 0.276. The first-order chi connectivity index (χ1) is 10.1. The van der Waals surface area contributed by atoms with Gasteiger partial charge in [0.25, 0.3) is 0 Å². The number of carbonyl (C=O) groups excluding carboxylic acids is 1. The van der Waals surface area contributed by atoms with Crippen LogP contribution in [0.1, 0.15) is 49.9 Å². The standard InChI is InChI=1S/C16H24BrN3O/c1-11-16(17)14(19(2)18-11)10-20-9-4-3-7-13(20)12-6-5-8-15(12)21/h12-13H,3-10H2,1-2H3. The van der Waals surface area contributed by atoms with E-state index in [1.54, 1.807) is 0 Å². The average molecular weight is 354 g/mol. The molecule has 3 rings (SSSR count). The molecule has 1 aromatic heterocycles. The van der Waals surface area contributed by atoms with Crippen LogP contribution in [0.4, 0.5) is 0 Å². The molecule has 0 radical (unpaired) electrons. The van der Waals surface area contributed by atoms with Crippen LogP contribution in [0.2, 0.25) is 0 Å². The number of carbonyl (C=O) groups is 1. The lowest BCUT2D eigenvalue weighted by molar-refractivity contribution is -0.123. The van der Waals surface area contributed by atoms with Crippen LogP contribution in [0.3, 0.4) is 0 Å². The highest BCUT2D eigenvalue weighted by Gasteiger charge is 2.37. The Morgan fingerprint density at radius 1 is 1.29 bits per heavy atom. The number of rotatable bonds is 3. The van der Waals surface area contributed by atoms with Gasteiger partial charge in [-0.2, -0.15) is 5.10 Å². The number of nitrogens with zero attached hydrogens (tertiary/aromatic N) is 3. The second-order valence-corrected chi connectivity index (χ2v) is 7.26. The molecular weight excluding hydrogens is 330 g/mol. The van der Waals surface area contributed by atoms with Crippen LogP contribution in [-0.2, 0) is 18.4 Å². The van der Waals surface area contributed by atoms with Gasteiger partial charge in [0.05, 0.1) is 15.9 Å². The SMILES string of the molecule is Cc1nn(C)c(CN2CCCCC2C2CCCC2=O)c1Br. The van der Waals surface area contributed by atoms with E-state index in [4.69, 9.17) is 0 Å². The predicted molar refractivity (Wildman–Crippen MR) is 86.0 cm³/mol. The Kier molecular flexibility index (Phi) is 4.50. The third kappa shape index (κ3) is 2.95. The summed E-state index contributed by atoms with van der Waals surface area (Å²) < 4.78 is 3.09. The van der Waals surface area contributed by atoms with Crippen LogP contribution >= 0.6 is 15.9 Å². The fourth-order valence-electron chi connectivity index (χ4n) is 3.96. The molecule has 0 amide bonds. The molecule has 0 N–H and O–H groups in total. The molecule has 2 fully saturated rings. The number of aromatic nitrogens is 2. The lowest BCUT2D eigenvalue weighted by Gasteiger charge is -2.38. The largest absolute Gasteiger partial charge is 0.299 e. The van der Waals surface area contributed by atoms with E-state index in [1.165, 1.54) is 25.0 Å². The number of hydrogen-bond acceptors (Lipinski definition) is 3. The monoisotopic (exact) mass is 353 g/mol. The molecule has 4 nitrogen and oxygen atoms in total. The highest BCUT2D eigenvalue weighted by Crippen LogP contribution is 2.34. The van der Waals surface area contributed by atoms with Crippen molar-refractivity contribution < 1.29 is 4.79 Å². The number of ketones is 1. The summed E-state index contributed by atoms with van der Waals surface area (Å²) >= 11 is 3.67. The molecule has 0 spiro atoms. The van der Waals surface area contributed by atoms with Gasteiger partial charge in [-0.15, -0.1) is 0 Å². The second-order valence-electron chi connectivity index (χ2n) is 6.47. The summed E-state index contributed by atoms with van der Waals surface area (Å²) in [6, 6.07) is 0.441. The maximum absolute atomic E-state index is 12.2. The number of Topliss-reactive ketones (excluding diaryl/α,β-unsaturated/α-hetero) is 1. The molecule has 1 aliphatic heterocycles. The molecule has 1 saturated heterocycles. The van der Waals surface area contributed by atoms with E-state index in [9.17, 15) is 4.79 Å². The Bertz CT molecular complexity index is 540. The first-order valence-corrected chi connectivity index (χ1v) is 8.82. The summed E-state index contributed by atoms with van der Waals surface area (Å²) in [4.78, 5) is 14.7. The normalized spacial score (nSPS) is 27.5. The molecule has 1 saturated carbocycles. The number of halogens is 1. The van der Waals surface area contributed by atoms with E-state index in [2.05, 4.69) is 25.9 Å². The van der Waals surface area contributed by atoms with Gasteiger partial charge in [-0.25, -0.2) is 0 Å². The maximum Gasteiger partial charge on any atom is 0.137 e. The minimum atomic E-state index is 0.276. The van der Waals surface area contributed by atoms with Crippen LogP contribution in [0.5, 0.6) is 0 Å². The van der Waals surface area contributed by atoms with Gasteiger partial charge in [0.15, 0.2) is 0 Å². The molecule has 1 aliphatic carbocycles. The van der Waals surface area contributed by atoms with Crippen molar-refractivity contribution in [2.75, 3.05) is 6.54 Å². The van der Waals surface area contributed by atoms with Crippen LogP contribution in [0, 0.1) is 12.8 Å². The fourth-order valence-corrected chi connectivity index (χ4v) is 4.42. The van der Waals surface area contributed by atoms with Crippen LogP contribution < -0.4 is 0 Å². The summed E-state index contributed by atoms with van der Waals surface area (Å²) in [5.41, 5.74) is 2.27. The van der Waals surface area contributed by atoms with E-state index in [1.807, 2.05) is 18.7 Å². The van der Waals surface area contributed by atoms with Gasteiger partial charge in [0.2, 0.25) is 0 Å². The third-order valence-electron chi connectivity index (χ3n) is 5.10. The van der Waals surface area contributed by atoms with Gasteiger partial charge in [0, 0.05) is 32.0 Å². The van der Waals surface area contributed by atoms with Crippen molar-refractivity contribution in [1.82, 2.24) is 14.7 Å². The van der Waals surface area contributed by atoms with Crippen molar-refractivity contribution in [3.05, 3.63) is 15.9 Å². The Morgan fingerprint density at radius 3 is 2.71 bits per heavy atom. The Labute approximate surface area is 135 Å². The van der Waals surface area contributed by atoms with Gasteiger partial charge in [0.1, 0.15) is 5.78 Å². The van der Waals surface area contributed by atoms with Gasteiger partial charge in [-0.3, -0.25) is 14.4 Å². The average Bonchev–Trinajstić information content (AvgIpc) is 2.99. The van der Waals surface area contributed by atoms with Crippen LogP contribution in [0.25, 0.3) is 0 Å². The van der Waals surface area contributed by atoms with Crippen molar-refractivity contribution in [3.63, 3.8) is 0 Å². The van der Waals surface area contributed by atoms with Crippen LogP contribution in [-0.4, -0.2) is 33.1 Å². The summed E-state index contributed by atoms with van der Waals surface area (Å²) in [5.74, 6) is 0.769. The Morgan fingerprint density at radius 2 is 2.10 bits per heavy atom. The number of piperidine rings is 1. The van der Waals surface area contributed by atoms with E-state index >= 15 is 0 Å². The fraction of sp³-hybridized carbons (Fsp3) is 0.750. The number of hydrogen-bond donors (Lipinski definition) is 0. The zero-order chi connectivity index (χ0) is 15.0. The molecule has 2 heterocycles. The van der Waals surface area contributed by atoms with Gasteiger partial charge >= 0.3 is 0 Å². The van der Waals surface area contributed by atoms with E-state index in [0.29, 0.717) is 11.8 Å². The van der Waals surface area contributed by atoms with E-state index in [-0.39, 0.29) is 5.92 Å². The quantitative estimate of drug-likeness (QED) is 0.837. The molecule has 116 valence electrons. The lowest BCUT2D eigenvalue weighted by Crippen LogP contribution is -2.45. The third-order valence-corrected chi connectivity index (χ3v) is 6.13.